The first-order valence-electron chi connectivity index (χ1n) is 5.69. The van der Waals surface area contributed by atoms with Crippen molar-refractivity contribution in [3.63, 3.8) is 0 Å². The maximum Gasteiger partial charge on any atom is 0.0847 e. The minimum atomic E-state index is -0.604. The van der Waals surface area contributed by atoms with Gasteiger partial charge in [-0.15, -0.1) is 0 Å². The molecule has 16 heavy (non-hydrogen) atoms. The summed E-state index contributed by atoms with van der Waals surface area (Å²) in [5, 5.41) is 9.87. The van der Waals surface area contributed by atoms with Crippen molar-refractivity contribution in [3.8, 4) is 0 Å². The smallest absolute Gasteiger partial charge is 0.0847 e. The highest BCUT2D eigenvalue weighted by atomic mass is 32.1. The van der Waals surface area contributed by atoms with Crippen LogP contribution in [0.1, 0.15) is 31.1 Å². The molecule has 0 fully saturated rings. The monoisotopic (exact) mass is 239 g/mol. The Hall–Kier alpha value is -0.510. The van der Waals surface area contributed by atoms with E-state index >= 15 is 0 Å². The van der Waals surface area contributed by atoms with Gasteiger partial charge in [0.2, 0.25) is 0 Å². The summed E-state index contributed by atoms with van der Waals surface area (Å²) in [7, 11) is 0. The minimum absolute atomic E-state index is 0.213. The highest BCUT2D eigenvalue weighted by Crippen LogP contribution is 2.26. The molecular formula is C13H21NOS. The van der Waals surface area contributed by atoms with Crippen molar-refractivity contribution in [2.24, 2.45) is 11.7 Å². The predicted octanol–water partition coefficient (Wildman–Crippen LogP) is 2.39. The Morgan fingerprint density at radius 1 is 1.25 bits per heavy atom. The molecule has 0 saturated carbocycles. The maximum atomic E-state index is 10.1. The van der Waals surface area contributed by atoms with Crippen LogP contribution in [0.5, 0.6) is 0 Å². The van der Waals surface area contributed by atoms with Gasteiger partial charge in [0.15, 0.2) is 0 Å². The second-order valence-electron chi connectivity index (χ2n) is 4.64. The number of benzene rings is 1. The second-order valence-corrected chi connectivity index (χ2v) is 5.20. The fraction of sp³-hybridized carbons (Fsp3) is 0.538. The van der Waals surface area contributed by atoms with E-state index < -0.39 is 6.10 Å². The van der Waals surface area contributed by atoms with Gasteiger partial charge < -0.3 is 10.8 Å². The molecule has 3 heteroatoms. The van der Waals surface area contributed by atoms with E-state index in [1.807, 2.05) is 30.3 Å². The Balaban J connectivity index is 2.63. The third-order valence-corrected chi connectivity index (χ3v) is 3.25. The number of rotatable bonds is 5. The molecular weight excluding hydrogens is 218 g/mol. The summed E-state index contributed by atoms with van der Waals surface area (Å²) in [6.45, 7) is 4.20. The van der Waals surface area contributed by atoms with Crippen molar-refractivity contribution < 1.29 is 5.11 Å². The van der Waals surface area contributed by atoms with Crippen LogP contribution in [0.3, 0.4) is 0 Å². The zero-order valence-electron chi connectivity index (χ0n) is 9.88. The van der Waals surface area contributed by atoms with E-state index in [2.05, 4.69) is 26.5 Å². The fourth-order valence-electron chi connectivity index (χ4n) is 1.77. The largest absolute Gasteiger partial charge is 0.390 e. The number of aliphatic hydroxyl groups excluding tert-OH is 1. The van der Waals surface area contributed by atoms with Gasteiger partial charge in [-0.25, -0.2) is 0 Å². The summed E-state index contributed by atoms with van der Waals surface area (Å²) in [6.07, 6.45) is 0.207. The highest BCUT2D eigenvalue weighted by molar-refractivity contribution is 7.80. The molecule has 1 aromatic rings. The first-order valence-corrected chi connectivity index (χ1v) is 6.20. The van der Waals surface area contributed by atoms with E-state index in [9.17, 15) is 5.11 Å². The lowest BCUT2D eigenvalue weighted by Gasteiger charge is -2.25. The van der Waals surface area contributed by atoms with Crippen LogP contribution in [0.15, 0.2) is 30.3 Å². The Bertz CT molecular complexity index is 302. The average molecular weight is 239 g/mol. The van der Waals surface area contributed by atoms with E-state index in [1.54, 1.807) is 0 Å². The van der Waals surface area contributed by atoms with Crippen LogP contribution in [0, 0.1) is 5.92 Å². The molecule has 1 rings (SSSR count). The topological polar surface area (TPSA) is 46.2 Å². The molecule has 0 bridgehead atoms. The predicted molar refractivity (Wildman–Crippen MR) is 71.6 cm³/mol. The summed E-state index contributed by atoms with van der Waals surface area (Å²) in [5.74, 6) is 0.487. The lowest BCUT2D eigenvalue weighted by molar-refractivity contribution is 0.132. The van der Waals surface area contributed by atoms with Crippen LogP contribution in [0.2, 0.25) is 0 Å². The van der Waals surface area contributed by atoms with Gasteiger partial charge in [0.25, 0.3) is 0 Å². The normalized spacial score (nSPS) is 17.1. The second kappa shape index (κ2) is 6.28. The Morgan fingerprint density at radius 2 is 1.81 bits per heavy atom. The molecule has 0 saturated heterocycles. The van der Waals surface area contributed by atoms with Gasteiger partial charge in [-0.1, -0.05) is 44.2 Å². The average Bonchev–Trinajstić information content (AvgIpc) is 2.27. The van der Waals surface area contributed by atoms with Crippen molar-refractivity contribution in [2.45, 2.75) is 37.7 Å². The summed E-state index contributed by atoms with van der Waals surface area (Å²) in [4.78, 5) is 0. The molecule has 3 atom stereocenters. The minimum Gasteiger partial charge on any atom is -0.390 e. The van der Waals surface area contributed by atoms with Crippen molar-refractivity contribution in [2.75, 3.05) is 0 Å². The number of hydrogen-bond donors (Lipinski definition) is 3. The van der Waals surface area contributed by atoms with E-state index in [-0.39, 0.29) is 11.3 Å². The summed E-state index contributed by atoms with van der Waals surface area (Å²) in [6, 6.07) is 9.54. The lowest BCUT2D eigenvalue weighted by Crippen LogP contribution is -2.38. The standard InChI is InChI=1S/C13H21NOS/c1-9(2)8-11(14)12(15)13(16)10-6-4-3-5-7-10/h3-7,9,11-13,15-16H,8,14H2,1-2H3. The fourth-order valence-corrected chi connectivity index (χ4v) is 2.16. The molecule has 3 unspecified atom stereocenters. The zero-order chi connectivity index (χ0) is 12.1. The van der Waals surface area contributed by atoms with Crippen molar-refractivity contribution in [3.05, 3.63) is 35.9 Å². The molecule has 0 radical (unpaired) electrons. The molecule has 0 heterocycles. The summed E-state index contributed by atoms with van der Waals surface area (Å²) in [5.41, 5.74) is 6.97. The summed E-state index contributed by atoms with van der Waals surface area (Å²) >= 11 is 4.45. The van der Waals surface area contributed by atoms with Crippen molar-refractivity contribution >= 4 is 12.6 Å². The third kappa shape index (κ3) is 3.81. The van der Waals surface area contributed by atoms with E-state index in [1.165, 1.54) is 0 Å². The molecule has 3 N–H and O–H groups in total. The van der Waals surface area contributed by atoms with E-state index in [0.29, 0.717) is 5.92 Å². The first-order chi connectivity index (χ1) is 7.52. The Kier molecular flexibility index (Phi) is 5.32. The Morgan fingerprint density at radius 3 is 2.31 bits per heavy atom. The molecule has 0 amide bonds. The molecule has 90 valence electrons. The van der Waals surface area contributed by atoms with Crippen LogP contribution >= 0.6 is 12.6 Å². The lowest BCUT2D eigenvalue weighted by atomic mass is 9.95. The molecule has 0 aliphatic heterocycles. The zero-order valence-corrected chi connectivity index (χ0v) is 10.8. The van der Waals surface area contributed by atoms with Crippen LogP contribution < -0.4 is 5.73 Å². The maximum absolute atomic E-state index is 10.1. The van der Waals surface area contributed by atoms with Crippen LogP contribution in [0.4, 0.5) is 0 Å². The van der Waals surface area contributed by atoms with Crippen molar-refractivity contribution in [1.29, 1.82) is 0 Å². The molecule has 2 nitrogen and oxygen atoms in total. The molecule has 0 aliphatic rings. The van der Waals surface area contributed by atoms with Gasteiger partial charge in [0.05, 0.1) is 11.4 Å². The summed E-state index contributed by atoms with van der Waals surface area (Å²) < 4.78 is 0. The van der Waals surface area contributed by atoms with Crippen LogP contribution in [0.25, 0.3) is 0 Å². The first kappa shape index (κ1) is 13.6. The van der Waals surface area contributed by atoms with E-state index in [0.717, 1.165) is 12.0 Å². The Labute approximate surface area is 103 Å². The third-order valence-electron chi connectivity index (χ3n) is 2.65. The van der Waals surface area contributed by atoms with Gasteiger partial charge in [-0.3, -0.25) is 0 Å². The SMILES string of the molecule is CC(C)CC(N)C(O)C(S)c1ccccc1. The molecule has 0 aromatic heterocycles. The van der Waals surface area contributed by atoms with E-state index in [4.69, 9.17) is 5.73 Å². The van der Waals surface area contributed by atoms with Crippen molar-refractivity contribution in [1.82, 2.24) is 0 Å². The van der Waals surface area contributed by atoms with Crippen LogP contribution in [-0.2, 0) is 0 Å². The molecule has 0 spiro atoms. The van der Waals surface area contributed by atoms with Gasteiger partial charge in [-0.2, -0.15) is 12.6 Å². The number of hydrogen-bond acceptors (Lipinski definition) is 3. The van der Waals surface area contributed by atoms with Gasteiger partial charge in [0.1, 0.15) is 0 Å². The number of aliphatic hydroxyl groups is 1. The van der Waals surface area contributed by atoms with Crippen LogP contribution in [-0.4, -0.2) is 17.3 Å². The van der Waals surface area contributed by atoms with Gasteiger partial charge in [0, 0.05) is 6.04 Å². The quantitative estimate of drug-likeness (QED) is 0.691. The molecule has 0 aliphatic carbocycles. The number of nitrogens with two attached hydrogens (primary N) is 1. The highest BCUT2D eigenvalue weighted by Gasteiger charge is 2.24. The van der Waals surface area contributed by atoms with Gasteiger partial charge >= 0.3 is 0 Å². The molecule has 1 aromatic carbocycles. The number of thiol groups is 1. The van der Waals surface area contributed by atoms with Gasteiger partial charge in [-0.05, 0) is 17.9 Å².